The van der Waals surface area contributed by atoms with Crippen molar-refractivity contribution in [3.63, 3.8) is 0 Å². The molecule has 0 bridgehead atoms. The highest BCUT2D eigenvalue weighted by Gasteiger charge is 2.43. The molecule has 0 saturated carbocycles. The first-order chi connectivity index (χ1) is 7.19. The first kappa shape index (κ1) is 11.1. The average Bonchev–Trinajstić information content (AvgIpc) is 2.86. The van der Waals surface area contributed by atoms with Gasteiger partial charge in [-0.05, 0) is 28.4 Å². The van der Waals surface area contributed by atoms with Crippen LogP contribution in [0.4, 0.5) is 0 Å². The summed E-state index contributed by atoms with van der Waals surface area (Å²) in [7, 11) is 0. The Morgan fingerprint density at radius 1 is 1.67 bits per heavy atom. The van der Waals surface area contributed by atoms with Gasteiger partial charge in [0.1, 0.15) is 11.9 Å². The number of aliphatic hydroxyl groups excluding tert-OH is 1. The number of nitrogens with two attached hydrogens (primary N) is 1. The third kappa shape index (κ3) is 1.85. The van der Waals surface area contributed by atoms with E-state index in [9.17, 15) is 5.11 Å². The molecule has 3 N–H and O–H groups in total. The van der Waals surface area contributed by atoms with Gasteiger partial charge in [0.25, 0.3) is 0 Å². The van der Waals surface area contributed by atoms with Crippen LogP contribution in [0.2, 0.25) is 0 Å². The standard InChI is InChI=1S/C10H14BrNO3/c11-7-1-3-15-8(7)9(13)10(5-12)2-4-14-6-10/h1,3,9,13H,2,4-6,12H2. The molecule has 0 aliphatic carbocycles. The quantitative estimate of drug-likeness (QED) is 0.876. The van der Waals surface area contributed by atoms with Crippen LogP contribution in [0.3, 0.4) is 0 Å². The molecule has 84 valence electrons. The Hall–Kier alpha value is -0.360. The lowest BCUT2D eigenvalue weighted by Gasteiger charge is -2.30. The second-order valence-corrected chi connectivity index (χ2v) is 4.76. The number of aliphatic hydroxyl groups is 1. The van der Waals surface area contributed by atoms with Crippen molar-refractivity contribution >= 4 is 15.9 Å². The molecule has 1 fully saturated rings. The smallest absolute Gasteiger partial charge is 0.147 e. The van der Waals surface area contributed by atoms with Crippen LogP contribution in [-0.4, -0.2) is 24.9 Å². The summed E-state index contributed by atoms with van der Waals surface area (Å²) in [4.78, 5) is 0. The maximum Gasteiger partial charge on any atom is 0.147 e. The fourth-order valence-electron chi connectivity index (χ4n) is 1.89. The minimum Gasteiger partial charge on any atom is -0.465 e. The SMILES string of the molecule is NCC1(C(O)c2occc2Br)CCOC1. The average molecular weight is 276 g/mol. The highest BCUT2D eigenvalue weighted by Crippen LogP contribution is 2.42. The molecule has 0 amide bonds. The maximum atomic E-state index is 10.3. The van der Waals surface area contributed by atoms with Gasteiger partial charge in [-0.15, -0.1) is 0 Å². The molecule has 2 atom stereocenters. The molecule has 5 heteroatoms. The molecule has 1 aliphatic rings. The van der Waals surface area contributed by atoms with Gasteiger partial charge in [0.2, 0.25) is 0 Å². The van der Waals surface area contributed by atoms with E-state index in [4.69, 9.17) is 14.9 Å². The first-order valence-corrected chi connectivity index (χ1v) is 5.68. The van der Waals surface area contributed by atoms with E-state index in [0.717, 1.165) is 10.9 Å². The molecule has 2 unspecified atom stereocenters. The molecule has 0 aromatic carbocycles. The minimum absolute atomic E-state index is 0.390. The second kappa shape index (κ2) is 4.25. The largest absolute Gasteiger partial charge is 0.465 e. The van der Waals surface area contributed by atoms with Gasteiger partial charge in [-0.2, -0.15) is 0 Å². The van der Waals surface area contributed by atoms with Gasteiger partial charge in [0.05, 0.1) is 17.3 Å². The molecule has 15 heavy (non-hydrogen) atoms. The van der Waals surface area contributed by atoms with Gasteiger partial charge in [0, 0.05) is 18.6 Å². The summed E-state index contributed by atoms with van der Waals surface area (Å²) >= 11 is 3.33. The van der Waals surface area contributed by atoms with Gasteiger partial charge in [-0.1, -0.05) is 0 Å². The highest BCUT2D eigenvalue weighted by atomic mass is 79.9. The van der Waals surface area contributed by atoms with Crippen LogP contribution in [0.5, 0.6) is 0 Å². The molecule has 1 aromatic heterocycles. The summed E-state index contributed by atoms with van der Waals surface area (Å²) < 4.78 is 11.3. The zero-order chi connectivity index (χ0) is 10.9. The van der Waals surface area contributed by atoms with Crippen molar-refractivity contribution < 1.29 is 14.3 Å². The molecular weight excluding hydrogens is 262 g/mol. The van der Waals surface area contributed by atoms with Crippen LogP contribution in [0.1, 0.15) is 18.3 Å². The molecule has 4 nitrogen and oxygen atoms in total. The van der Waals surface area contributed by atoms with Crippen LogP contribution in [0.25, 0.3) is 0 Å². The maximum absolute atomic E-state index is 10.3. The summed E-state index contributed by atoms with van der Waals surface area (Å²) in [6.45, 7) is 1.52. The lowest BCUT2D eigenvalue weighted by Crippen LogP contribution is -2.37. The fraction of sp³-hybridized carbons (Fsp3) is 0.600. The van der Waals surface area contributed by atoms with Crippen LogP contribution in [0.15, 0.2) is 21.2 Å². The second-order valence-electron chi connectivity index (χ2n) is 3.90. The Morgan fingerprint density at radius 3 is 2.93 bits per heavy atom. The Balaban J connectivity index is 2.26. The Bertz CT molecular complexity index is 333. The van der Waals surface area contributed by atoms with Crippen molar-refractivity contribution in [1.82, 2.24) is 0 Å². The summed E-state index contributed by atoms with van der Waals surface area (Å²) in [5.41, 5.74) is 5.33. The van der Waals surface area contributed by atoms with Gasteiger partial charge in [0.15, 0.2) is 0 Å². The number of hydrogen-bond donors (Lipinski definition) is 2. The predicted octanol–water partition coefficient (Wildman–Crippen LogP) is 1.44. The summed E-state index contributed by atoms with van der Waals surface area (Å²) in [6.07, 6.45) is 1.59. The van der Waals surface area contributed by atoms with Crippen molar-refractivity contribution in [3.05, 3.63) is 22.6 Å². The van der Waals surface area contributed by atoms with Crippen LogP contribution in [0, 0.1) is 5.41 Å². The third-order valence-corrected chi connectivity index (χ3v) is 3.67. The monoisotopic (exact) mass is 275 g/mol. The van der Waals surface area contributed by atoms with Gasteiger partial charge in [-0.25, -0.2) is 0 Å². The fourth-order valence-corrected chi connectivity index (χ4v) is 2.31. The van der Waals surface area contributed by atoms with Gasteiger partial charge >= 0.3 is 0 Å². The predicted molar refractivity (Wildman–Crippen MR) is 58.3 cm³/mol. The van der Waals surface area contributed by atoms with E-state index >= 15 is 0 Å². The van der Waals surface area contributed by atoms with E-state index < -0.39 is 11.5 Å². The molecule has 2 heterocycles. The number of halogens is 1. The normalized spacial score (nSPS) is 28.2. The topological polar surface area (TPSA) is 68.6 Å². The Labute approximate surface area is 96.5 Å². The zero-order valence-corrected chi connectivity index (χ0v) is 9.87. The van der Waals surface area contributed by atoms with Crippen LogP contribution in [-0.2, 0) is 4.74 Å². The van der Waals surface area contributed by atoms with Crippen molar-refractivity contribution in [3.8, 4) is 0 Å². The van der Waals surface area contributed by atoms with E-state index in [-0.39, 0.29) is 0 Å². The Morgan fingerprint density at radius 2 is 2.47 bits per heavy atom. The first-order valence-electron chi connectivity index (χ1n) is 4.88. The van der Waals surface area contributed by atoms with E-state index in [1.807, 2.05) is 0 Å². The van der Waals surface area contributed by atoms with Gasteiger partial charge < -0.3 is 20.0 Å². The number of furan rings is 1. The summed E-state index contributed by atoms with van der Waals surface area (Å²) in [6, 6.07) is 1.76. The highest BCUT2D eigenvalue weighted by molar-refractivity contribution is 9.10. The van der Waals surface area contributed by atoms with E-state index in [2.05, 4.69) is 15.9 Å². The zero-order valence-electron chi connectivity index (χ0n) is 8.28. The van der Waals surface area contributed by atoms with E-state index in [1.165, 1.54) is 0 Å². The lowest BCUT2D eigenvalue weighted by molar-refractivity contribution is 0.00418. The molecule has 1 aromatic rings. The van der Waals surface area contributed by atoms with Crippen LogP contribution < -0.4 is 5.73 Å². The number of ether oxygens (including phenoxy) is 1. The summed E-state index contributed by atoms with van der Waals surface area (Å²) in [5.74, 6) is 0.533. The van der Waals surface area contributed by atoms with Crippen molar-refractivity contribution in [2.75, 3.05) is 19.8 Å². The molecule has 2 rings (SSSR count). The van der Waals surface area contributed by atoms with Crippen LogP contribution >= 0.6 is 15.9 Å². The Kier molecular flexibility index (Phi) is 3.16. The molecule has 0 radical (unpaired) electrons. The van der Waals surface area contributed by atoms with E-state index in [0.29, 0.717) is 25.5 Å². The molecule has 1 saturated heterocycles. The molecular formula is C10H14BrNO3. The van der Waals surface area contributed by atoms with E-state index in [1.54, 1.807) is 12.3 Å². The van der Waals surface area contributed by atoms with Gasteiger partial charge in [-0.3, -0.25) is 0 Å². The van der Waals surface area contributed by atoms with Crippen molar-refractivity contribution in [1.29, 1.82) is 0 Å². The molecule has 1 aliphatic heterocycles. The van der Waals surface area contributed by atoms with Crippen molar-refractivity contribution in [2.24, 2.45) is 11.1 Å². The third-order valence-electron chi connectivity index (χ3n) is 3.01. The van der Waals surface area contributed by atoms with Crippen molar-refractivity contribution in [2.45, 2.75) is 12.5 Å². The molecule has 0 spiro atoms. The lowest BCUT2D eigenvalue weighted by atomic mass is 9.80. The minimum atomic E-state index is -0.714. The summed E-state index contributed by atoms with van der Waals surface area (Å²) in [5, 5.41) is 10.3. The number of rotatable bonds is 3. The number of hydrogen-bond acceptors (Lipinski definition) is 4.